The molecule has 4 rings (SSSR count). The Balaban J connectivity index is 1.99. The zero-order chi connectivity index (χ0) is 23.2. The van der Waals surface area contributed by atoms with Gasteiger partial charge in [0.2, 0.25) is 0 Å². The lowest BCUT2D eigenvalue weighted by atomic mass is 9.92. The number of carbonyl (C=O) groups is 2. The van der Waals surface area contributed by atoms with Crippen LogP contribution < -0.4 is 4.90 Å². The van der Waals surface area contributed by atoms with Crippen molar-refractivity contribution in [3.63, 3.8) is 0 Å². The number of anilines is 1. The van der Waals surface area contributed by atoms with Crippen molar-refractivity contribution in [2.75, 3.05) is 4.90 Å². The molecule has 1 amide bonds. The minimum atomic E-state index is -0.886. The molecule has 0 saturated carbocycles. The van der Waals surface area contributed by atoms with Gasteiger partial charge in [0.05, 0.1) is 31.7 Å². The molecule has 8 heteroatoms. The van der Waals surface area contributed by atoms with Crippen LogP contribution in [0.2, 0.25) is 20.1 Å². The van der Waals surface area contributed by atoms with Crippen LogP contribution in [0.1, 0.15) is 22.7 Å². The fourth-order valence-corrected chi connectivity index (χ4v) is 4.31. The van der Waals surface area contributed by atoms with Gasteiger partial charge in [-0.15, -0.1) is 0 Å². The van der Waals surface area contributed by atoms with Crippen LogP contribution in [-0.4, -0.2) is 16.8 Å². The first-order valence-corrected chi connectivity index (χ1v) is 11.0. The molecule has 1 fully saturated rings. The molecule has 0 spiro atoms. The summed E-state index contributed by atoms with van der Waals surface area (Å²) in [6.45, 7) is 1.86. The van der Waals surface area contributed by atoms with Gasteiger partial charge in [-0.05, 0) is 54.4 Å². The summed E-state index contributed by atoms with van der Waals surface area (Å²) in [4.78, 5) is 27.7. The minimum absolute atomic E-state index is 0.0613. The number of ketones is 1. The fraction of sp³-hybridized carbons (Fsp3) is 0.0833. The highest BCUT2D eigenvalue weighted by Crippen LogP contribution is 2.44. The number of benzene rings is 3. The van der Waals surface area contributed by atoms with Crippen molar-refractivity contribution >= 4 is 69.5 Å². The average molecular weight is 507 g/mol. The molecule has 3 aromatic carbocycles. The quantitative estimate of drug-likeness (QED) is 0.231. The molecule has 1 aliphatic rings. The van der Waals surface area contributed by atoms with Crippen molar-refractivity contribution in [2.24, 2.45) is 0 Å². The van der Waals surface area contributed by atoms with Crippen LogP contribution in [0.4, 0.5) is 5.69 Å². The summed E-state index contributed by atoms with van der Waals surface area (Å²) in [7, 11) is 0. The van der Waals surface area contributed by atoms with Crippen molar-refractivity contribution in [1.29, 1.82) is 0 Å². The molecule has 32 heavy (non-hydrogen) atoms. The Morgan fingerprint density at radius 1 is 0.844 bits per heavy atom. The topological polar surface area (TPSA) is 57.6 Å². The highest BCUT2D eigenvalue weighted by atomic mass is 35.5. The summed E-state index contributed by atoms with van der Waals surface area (Å²) >= 11 is 24.3. The van der Waals surface area contributed by atoms with E-state index < -0.39 is 17.7 Å². The number of hydrogen-bond acceptors (Lipinski definition) is 3. The molecule has 1 heterocycles. The second kappa shape index (κ2) is 8.80. The predicted octanol–water partition coefficient (Wildman–Crippen LogP) is 7.23. The monoisotopic (exact) mass is 505 g/mol. The third-order valence-corrected chi connectivity index (χ3v) is 6.78. The van der Waals surface area contributed by atoms with Gasteiger partial charge in [0.25, 0.3) is 11.7 Å². The van der Waals surface area contributed by atoms with E-state index in [9.17, 15) is 14.7 Å². The number of rotatable bonds is 3. The van der Waals surface area contributed by atoms with Crippen LogP contribution in [0, 0.1) is 6.92 Å². The predicted molar refractivity (Wildman–Crippen MR) is 129 cm³/mol. The normalized spacial score (nSPS) is 17.8. The van der Waals surface area contributed by atoms with Gasteiger partial charge in [-0.3, -0.25) is 14.5 Å². The zero-order valence-corrected chi connectivity index (χ0v) is 19.6. The first-order valence-electron chi connectivity index (χ1n) is 9.47. The van der Waals surface area contributed by atoms with E-state index in [4.69, 9.17) is 46.4 Å². The number of Topliss-reactive ketones (excluding diaryl/α,β-unsaturated/α-hetero) is 1. The number of nitrogens with zero attached hydrogens (tertiary/aromatic N) is 1. The Labute approximate surface area is 204 Å². The van der Waals surface area contributed by atoms with Gasteiger partial charge in [-0.1, -0.05) is 70.7 Å². The molecule has 0 bridgehead atoms. The molecule has 162 valence electrons. The SMILES string of the molecule is Cc1ccccc1C1/C(=C(\O)c2ccc(Cl)c(Cl)c2)C(=O)C(=O)N1c1ccc(Cl)c(Cl)c1. The van der Waals surface area contributed by atoms with E-state index in [1.54, 1.807) is 24.3 Å². The molecule has 0 aliphatic carbocycles. The van der Waals surface area contributed by atoms with E-state index in [2.05, 4.69) is 0 Å². The van der Waals surface area contributed by atoms with Gasteiger partial charge in [0, 0.05) is 11.3 Å². The van der Waals surface area contributed by atoms with Crippen molar-refractivity contribution in [2.45, 2.75) is 13.0 Å². The van der Waals surface area contributed by atoms with Gasteiger partial charge < -0.3 is 5.11 Å². The summed E-state index contributed by atoms with van der Waals surface area (Å²) in [5.74, 6) is -1.97. The van der Waals surface area contributed by atoms with Crippen LogP contribution in [-0.2, 0) is 9.59 Å². The van der Waals surface area contributed by atoms with Crippen molar-refractivity contribution in [3.05, 3.63) is 103 Å². The minimum Gasteiger partial charge on any atom is -0.507 e. The van der Waals surface area contributed by atoms with Crippen molar-refractivity contribution < 1.29 is 14.7 Å². The van der Waals surface area contributed by atoms with Crippen LogP contribution in [0.25, 0.3) is 5.76 Å². The Kier molecular flexibility index (Phi) is 6.24. The van der Waals surface area contributed by atoms with Gasteiger partial charge in [0.15, 0.2) is 0 Å². The van der Waals surface area contributed by atoms with Gasteiger partial charge in [0.1, 0.15) is 5.76 Å². The third-order valence-electron chi connectivity index (χ3n) is 5.30. The average Bonchev–Trinajstić information content (AvgIpc) is 3.02. The lowest BCUT2D eigenvalue weighted by molar-refractivity contribution is -0.132. The second-order valence-corrected chi connectivity index (χ2v) is 8.88. The van der Waals surface area contributed by atoms with E-state index >= 15 is 0 Å². The lowest BCUT2D eigenvalue weighted by Gasteiger charge is -2.27. The Hall–Kier alpha value is -2.50. The summed E-state index contributed by atoms with van der Waals surface area (Å²) < 4.78 is 0. The molecule has 1 atom stereocenters. The number of hydrogen-bond donors (Lipinski definition) is 1. The molecule has 4 nitrogen and oxygen atoms in total. The van der Waals surface area contributed by atoms with E-state index in [0.29, 0.717) is 21.3 Å². The Morgan fingerprint density at radius 3 is 2.09 bits per heavy atom. The highest BCUT2D eigenvalue weighted by molar-refractivity contribution is 6.52. The Morgan fingerprint density at radius 2 is 1.47 bits per heavy atom. The number of aliphatic hydroxyl groups is 1. The Bertz CT molecular complexity index is 1300. The maximum absolute atomic E-state index is 13.2. The molecule has 1 unspecified atom stereocenters. The molecule has 1 N–H and O–H groups in total. The standard InChI is InChI=1S/C24H15Cl4NO3/c1-12-4-2-3-5-15(12)21-20(22(30)13-6-8-16(25)18(27)10-13)23(31)24(32)29(21)14-7-9-17(26)19(28)11-14/h2-11,21,30H,1H3/b22-20+. The maximum atomic E-state index is 13.2. The molecule has 0 radical (unpaired) electrons. The molecule has 3 aromatic rings. The number of aryl methyl sites for hydroxylation is 1. The molecular weight excluding hydrogens is 492 g/mol. The summed E-state index contributed by atoms with van der Waals surface area (Å²) in [5.41, 5.74) is 2.10. The number of halogens is 4. The van der Waals surface area contributed by atoms with Crippen LogP contribution in [0.3, 0.4) is 0 Å². The molecule has 0 aromatic heterocycles. The first-order chi connectivity index (χ1) is 15.2. The van der Waals surface area contributed by atoms with Gasteiger partial charge in [-0.25, -0.2) is 0 Å². The molecule has 1 saturated heterocycles. The second-order valence-electron chi connectivity index (χ2n) is 7.25. The van der Waals surface area contributed by atoms with Gasteiger partial charge >= 0.3 is 0 Å². The van der Waals surface area contributed by atoms with Crippen molar-refractivity contribution in [1.82, 2.24) is 0 Å². The summed E-state index contributed by atoms with van der Waals surface area (Å²) in [5, 5.41) is 12.2. The highest BCUT2D eigenvalue weighted by Gasteiger charge is 2.47. The van der Waals surface area contributed by atoms with Gasteiger partial charge in [-0.2, -0.15) is 0 Å². The zero-order valence-electron chi connectivity index (χ0n) is 16.6. The third kappa shape index (κ3) is 3.89. The first kappa shape index (κ1) is 22.7. The van der Waals surface area contributed by atoms with E-state index in [1.165, 1.54) is 29.2 Å². The fourth-order valence-electron chi connectivity index (χ4n) is 3.72. The van der Waals surface area contributed by atoms with Crippen LogP contribution in [0.5, 0.6) is 0 Å². The number of carbonyl (C=O) groups excluding carboxylic acids is 2. The largest absolute Gasteiger partial charge is 0.507 e. The number of amides is 1. The number of aliphatic hydroxyl groups excluding tert-OH is 1. The molecular formula is C24H15Cl4NO3. The van der Waals surface area contributed by atoms with Crippen LogP contribution in [0.15, 0.2) is 66.2 Å². The van der Waals surface area contributed by atoms with Crippen LogP contribution >= 0.6 is 46.4 Å². The van der Waals surface area contributed by atoms with E-state index in [-0.39, 0.29) is 26.9 Å². The van der Waals surface area contributed by atoms with Crippen molar-refractivity contribution in [3.8, 4) is 0 Å². The lowest BCUT2D eigenvalue weighted by Crippen LogP contribution is -2.29. The van der Waals surface area contributed by atoms with E-state index in [0.717, 1.165) is 5.56 Å². The van der Waals surface area contributed by atoms with E-state index in [1.807, 2.05) is 19.1 Å². The summed E-state index contributed by atoms with van der Waals surface area (Å²) in [6.07, 6.45) is 0. The molecule has 1 aliphatic heterocycles. The summed E-state index contributed by atoms with van der Waals surface area (Å²) in [6, 6.07) is 15.6. The smallest absolute Gasteiger partial charge is 0.300 e. The maximum Gasteiger partial charge on any atom is 0.300 e.